The molecule has 0 bridgehead atoms. The molecule has 1 aliphatic rings. The summed E-state index contributed by atoms with van der Waals surface area (Å²) in [5, 5.41) is 6.87. The Hall–Kier alpha value is -3.22. The van der Waals surface area contributed by atoms with Gasteiger partial charge in [-0.15, -0.1) is 0 Å². The van der Waals surface area contributed by atoms with Crippen molar-refractivity contribution in [2.45, 2.75) is 13.1 Å². The summed E-state index contributed by atoms with van der Waals surface area (Å²) in [6, 6.07) is 23.0. The van der Waals surface area contributed by atoms with Crippen molar-refractivity contribution in [2.75, 3.05) is 33.3 Å². The van der Waals surface area contributed by atoms with Gasteiger partial charge < -0.3 is 19.1 Å². The number of nitrogens with zero attached hydrogens (tertiary/aromatic N) is 2. The standard InChI is InChI=1S/C25H26N4O2/c1-30-22-11-9-20(10-12-22)25-26-24(31-27-25)18-29-15-13-28(14-16-29)17-21-7-4-6-19-5-2-3-8-23(19)21/h2-12H,13-18H2,1H3/p+2. The van der Waals surface area contributed by atoms with Crippen LogP contribution >= 0.6 is 0 Å². The normalized spacial score (nSPS) is 18.9. The molecule has 4 aromatic rings. The maximum atomic E-state index is 5.53. The van der Waals surface area contributed by atoms with Crippen molar-refractivity contribution < 1.29 is 19.1 Å². The minimum absolute atomic E-state index is 0.636. The summed E-state index contributed by atoms with van der Waals surface area (Å²) in [6.07, 6.45) is 0. The number of aromatic nitrogens is 2. The third-order valence-corrected chi connectivity index (χ3v) is 6.20. The molecule has 0 amide bonds. The third kappa shape index (κ3) is 4.45. The molecule has 6 heteroatoms. The van der Waals surface area contributed by atoms with Gasteiger partial charge in [0.15, 0.2) is 6.54 Å². The quantitative estimate of drug-likeness (QED) is 0.499. The molecule has 2 heterocycles. The monoisotopic (exact) mass is 416 g/mol. The third-order valence-electron chi connectivity index (χ3n) is 6.20. The molecule has 1 aliphatic heterocycles. The highest BCUT2D eigenvalue weighted by Gasteiger charge is 2.25. The maximum Gasteiger partial charge on any atom is 0.282 e. The van der Waals surface area contributed by atoms with E-state index in [1.54, 1.807) is 12.0 Å². The fourth-order valence-electron chi connectivity index (χ4n) is 4.42. The first kappa shape index (κ1) is 19.7. The molecule has 0 unspecified atom stereocenters. The van der Waals surface area contributed by atoms with E-state index in [2.05, 4.69) is 52.6 Å². The van der Waals surface area contributed by atoms with Crippen molar-refractivity contribution in [2.24, 2.45) is 0 Å². The van der Waals surface area contributed by atoms with Gasteiger partial charge in [0.25, 0.3) is 5.89 Å². The number of nitrogens with one attached hydrogen (secondary N) is 2. The lowest BCUT2D eigenvalue weighted by molar-refractivity contribution is -1.02. The minimum Gasteiger partial charge on any atom is -0.497 e. The smallest absolute Gasteiger partial charge is 0.282 e. The van der Waals surface area contributed by atoms with Gasteiger partial charge in [-0.1, -0.05) is 47.6 Å². The van der Waals surface area contributed by atoms with E-state index in [0.29, 0.717) is 11.7 Å². The van der Waals surface area contributed by atoms with Crippen LogP contribution in [0.4, 0.5) is 0 Å². The van der Waals surface area contributed by atoms with E-state index in [9.17, 15) is 0 Å². The molecule has 3 aromatic carbocycles. The van der Waals surface area contributed by atoms with Crippen molar-refractivity contribution in [3.05, 3.63) is 78.2 Å². The predicted molar refractivity (Wildman–Crippen MR) is 119 cm³/mol. The Morgan fingerprint density at radius 2 is 1.55 bits per heavy atom. The van der Waals surface area contributed by atoms with Gasteiger partial charge in [0.1, 0.15) is 38.5 Å². The number of methoxy groups -OCH3 is 1. The van der Waals surface area contributed by atoms with Crippen LogP contribution in [0.1, 0.15) is 11.5 Å². The molecule has 1 aromatic heterocycles. The Morgan fingerprint density at radius 1 is 0.839 bits per heavy atom. The summed E-state index contributed by atoms with van der Waals surface area (Å²) in [6.45, 7) is 6.39. The number of benzene rings is 3. The number of hydrogen-bond donors (Lipinski definition) is 2. The molecule has 0 radical (unpaired) electrons. The number of ether oxygens (including phenoxy) is 1. The van der Waals surface area contributed by atoms with Crippen molar-refractivity contribution in [3.63, 3.8) is 0 Å². The van der Waals surface area contributed by atoms with Crippen molar-refractivity contribution in [1.82, 2.24) is 10.1 Å². The van der Waals surface area contributed by atoms with Crippen LogP contribution in [0.2, 0.25) is 0 Å². The van der Waals surface area contributed by atoms with Crippen LogP contribution in [0.25, 0.3) is 22.2 Å². The number of hydrogen-bond acceptors (Lipinski definition) is 4. The average Bonchev–Trinajstić information content (AvgIpc) is 3.29. The first-order valence-corrected chi connectivity index (χ1v) is 10.9. The minimum atomic E-state index is 0.636. The second kappa shape index (κ2) is 8.88. The van der Waals surface area contributed by atoms with Crippen LogP contribution in [-0.4, -0.2) is 43.4 Å². The van der Waals surface area contributed by atoms with Crippen LogP contribution in [-0.2, 0) is 13.1 Å². The summed E-state index contributed by atoms with van der Waals surface area (Å²) >= 11 is 0. The fraction of sp³-hybridized carbons (Fsp3) is 0.280. The van der Waals surface area contributed by atoms with Crippen LogP contribution in [0.3, 0.4) is 0 Å². The van der Waals surface area contributed by atoms with Gasteiger partial charge in [0.05, 0.1) is 7.11 Å². The molecule has 0 spiro atoms. The van der Waals surface area contributed by atoms with Crippen LogP contribution < -0.4 is 14.5 Å². The summed E-state index contributed by atoms with van der Waals surface area (Å²) in [7, 11) is 1.66. The molecule has 2 N–H and O–H groups in total. The number of rotatable bonds is 6. The fourth-order valence-corrected chi connectivity index (χ4v) is 4.42. The lowest BCUT2D eigenvalue weighted by atomic mass is 10.0. The van der Waals surface area contributed by atoms with Crippen LogP contribution in [0, 0.1) is 0 Å². The Labute approximate surface area is 182 Å². The Balaban J connectivity index is 1.17. The first-order valence-electron chi connectivity index (χ1n) is 10.9. The Bertz CT molecular complexity index is 1140. The molecule has 6 nitrogen and oxygen atoms in total. The van der Waals surface area contributed by atoms with Crippen LogP contribution in [0.15, 0.2) is 71.3 Å². The lowest BCUT2D eigenvalue weighted by Gasteiger charge is -2.29. The summed E-state index contributed by atoms with van der Waals surface area (Å²) in [4.78, 5) is 7.75. The average molecular weight is 417 g/mol. The number of quaternary nitrogens is 2. The zero-order chi connectivity index (χ0) is 21.0. The Kier molecular flexibility index (Phi) is 5.65. The van der Waals surface area contributed by atoms with Gasteiger partial charge in [-0.3, -0.25) is 0 Å². The van der Waals surface area contributed by atoms with Gasteiger partial charge in [-0.25, -0.2) is 0 Å². The van der Waals surface area contributed by atoms with E-state index in [1.807, 2.05) is 24.3 Å². The highest BCUT2D eigenvalue weighted by molar-refractivity contribution is 5.85. The van der Waals surface area contributed by atoms with E-state index in [4.69, 9.17) is 9.26 Å². The largest absolute Gasteiger partial charge is 0.497 e. The van der Waals surface area contributed by atoms with Crippen molar-refractivity contribution in [1.29, 1.82) is 0 Å². The van der Waals surface area contributed by atoms with Gasteiger partial charge in [-0.2, -0.15) is 4.98 Å². The summed E-state index contributed by atoms with van der Waals surface area (Å²) in [5.74, 6) is 2.16. The summed E-state index contributed by atoms with van der Waals surface area (Å²) < 4.78 is 10.7. The number of piperazine rings is 1. The predicted octanol–water partition coefficient (Wildman–Crippen LogP) is 1.38. The Morgan fingerprint density at radius 3 is 2.32 bits per heavy atom. The molecule has 0 aliphatic carbocycles. The lowest BCUT2D eigenvalue weighted by Crippen LogP contribution is -3.27. The zero-order valence-electron chi connectivity index (χ0n) is 17.8. The van der Waals surface area contributed by atoms with Gasteiger partial charge in [0, 0.05) is 11.1 Å². The molecule has 5 rings (SSSR count). The molecule has 31 heavy (non-hydrogen) atoms. The first-order chi connectivity index (χ1) is 15.3. The van der Waals surface area contributed by atoms with E-state index < -0.39 is 0 Å². The highest BCUT2D eigenvalue weighted by atomic mass is 16.5. The molecule has 0 saturated carbocycles. The molecule has 158 valence electrons. The van der Waals surface area contributed by atoms with Gasteiger partial charge >= 0.3 is 0 Å². The maximum absolute atomic E-state index is 5.53. The molecular weight excluding hydrogens is 388 g/mol. The molecular formula is C25H28N4O2+2. The van der Waals surface area contributed by atoms with E-state index >= 15 is 0 Å². The summed E-state index contributed by atoms with van der Waals surface area (Å²) in [5.41, 5.74) is 2.38. The second-order valence-electron chi connectivity index (χ2n) is 8.23. The topological polar surface area (TPSA) is 57.0 Å². The van der Waals surface area contributed by atoms with Gasteiger partial charge in [-0.05, 0) is 35.0 Å². The van der Waals surface area contributed by atoms with Gasteiger partial charge in [0.2, 0.25) is 5.82 Å². The molecule has 1 fully saturated rings. The molecule has 1 saturated heterocycles. The molecule has 0 atom stereocenters. The van der Waals surface area contributed by atoms with E-state index in [0.717, 1.165) is 50.6 Å². The SMILES string of the molecule is COc1ccc(-c2noc(C[NH+]3CC[NH+](Cc4cccc5ccccc45)CC3)n2)cc1. The van der Waals surface area contributed by atoms with E-state index in [-0.39, 0.29) is 0 Å². The van der Waals surface area contributed by atoms with Crippen molar-refractivity contribution >= 4 is 10.8 Å². The van der Waals surface area contributed by atoms with E-state index in [1.165, 1.54) is 21.2 Å². The zero-order valence-corrected chi connectivity index (χ0v) is 17.8. The van der Waals surface area contributed by atoms with Crippen molar-refractivity contribution in [3.8, 4) is 17.1 Å². The highest BCUT2D eigenvalue weighted by Crippen LogP contribution is 2.20. The number of fused-ring (bicyclic) bond motifs is 1. The van der Waals surface area contributed by atoms with Crippen LogP contribution in [0.5, 0.6) is 5.75 Å². The second-order valence-corrected chi connectivity index (χ2v) is 8.23.